The van der Waals surface area contributed by atoms with Gasteiger partial charge in [-0.2, -0.15) is 15.0 Å². The van der Waals surface area contributed by atoms with Gasteiger partial charge in [0, 0.05) is 0 Å². The molecule has 1 heterocycles. The number of ether oxygens (including phenoxy) is 3. The fourth-order valence-electron chi connectivity index (χ4n) is 1.54. The molecular weight excluding hydrogens is 288 g/mol. The zero-order valence-corrected chi connectivity index (χ0v) is 13.5. The zero-order chi connectivity index (χ0) is 16.4. The predicted octanol–water partition coefficient (Wildman–Crippen LogP) is 1.34. The van der Waals surface area contributed by atoms with Crippen molar-refractivity contribution in [2.24, 2.45) is 0 Å². The van der Waals surface area contributed by atoms with E-state index >= 15 is 0 Å². The quantitative estimate of drug-likeness (QED) is 0.518. The average molecular weight is 314 g/mol. The normalized spacial score (nSPS) is 11.6. The van der Waals surface area contributed by atoms with Crippen molar-refractivity contribution in [2.75, 3.05) is 36.6 Å². The third kappa shape index (κ3) is 5.96. The van der Waals surface area contributed by atoms with Crippen molar-refractivity contribution in [3.8, 4) is 0 Å². The van der Waals surface area contributed by atoms with Crippen LogP contribution in [-0.2, 0) is 14.2 Å². The van der Waals surface area contributed by atoms with E-state index in [4.69, 9.17) is 25.7 Å². The maximum absolute atomic E-state index is 5.73. The summed E-state index contributed by atoms with van der Waals surface area (Å²) in [6, 6.07) is 0. The van der Waals surface area contributed by atoms with Crippen LogP contribution in [0.3, 0.4) is 0 Å². The van der Waals surface area contributed by atoms with Gasteiger partial charge in [0.1, 0.15) is 0 Å². The van der Waals surface area contributed by atoms with Gasteiger partial charge in [-0.05, 0) is 19.3 Å². The highest BCUT2D eigenvalue weighted by Crippen LogP contribution is 2.20. The van der Waals surface area contributed by atoms with Crippen LogP contribution in [-0.4, -0.2) is 40.9 Å². The van der Waals surface area contributed by atoms with E-state index in [2.05, 4.69) is 20.3 Å². The summed E-state index contributed by atoms with van der Waals surface area (Å²) in [5, 5.41) is 2.89. The van der Waals surface area contributed by atoms with Crippen molar-refractivity contribution in [2.45, 2.75) is 46.1 Å². The molecule has 5 N–H and O–H groups in total. The lowest BCUT2D eigenvalue weighted by molar-refractivity contribution is -0.363. The molecule has 0 radical (unpaired) electrons. The maximum Gasteiger partial charge on any atom is 0.377 e. The van der Waals surface area contributed by atoms with Gasteiger partial charge in [0.05, 0.1) is 19.8 Å². The number of nitrogens with two attached hydrogens (primary N) is 2. The second-order valence-electron chi connectivity index (χ2n) is 4.60. The van der Waals surface area contributed by atoms with Crippen molar-refractivity contribution in [1.82, 2.24) is 15.0 Å². The van der Waals surface area contributed by atoms with Crippen molar-refractivity contribution >= 4 is 17.8 Å². The van der Waals surface area contributed by atoms with Gasteiger partial charge in [0.25, 0.3) is 0 Å². The average Bonchev–Trinajstić information content (AvgIpc) is 2.47. The predicted molar refractivity (Wildman–Crippen MR) is 83.7 cm³/mol. The Bertz CT molecular complexity index is 404. The van der Waals surface area contributed by atoms with Crippen LogP contribution in [0.4, 0.5) is 17.8 Å². The van der Waals surface area contributed by atoms with Crippen LogP contribution < -0.4 is 16.8 Å². The summed E-state index contributed by atoms with van der Waals surface area (Å²) in [6.07, 6.45) is 0.934. The Morgan fingerprint density at radius 3 is 1.59 bits per heavy atom. The Morgan fingerprint density at radius 2 is 1.23 bits per heavy atom. The van der Waals surface area contributed by atoms with E-state index in [1.165, 1.54) is 0 Å². The van der Waals surface area contributed by atoms with Crippen molar-refractivity contribution < 1.29 is 14.2 Å². The number of nitrogens with zero attached hydrogens (tertiary/aromatic N) is 3. The molecule has 126 valence electrons. The Labute approximate surface area is 130 Å². The number of hydrogen-bond acceptors (Lipinski definition) is 9. The standard InChI is InChI=1S/C13H26N6O3/c1-4-7-20-13(21-8-5-2,22-9-6-3)19-12-17-10(14)16-11(15)18-12/h4-9H2,1-3H3,(H5,14,15,16,17,18,19). The Hall–Kier alpha value is -1.71. The van der Waals surface area contributed by atoms with Crippen LogP contribution in [0.15, 0.2) is 0 Å². The third-order valence-corrected chi connectivity index (χ3v) is 2.42. The van der Waals surface area contributed by atoms with E-state index in [0.29, 0.717) is 19.8 Å². The largest absolute Gasteiger partial charge is 0.377 e. The van der Waals surface area contributed by atoms with E-state index in [1.54, 1.807) is 0 Å². The molecule has 0 aromatic carbocycles. The fourth-order valence-corrected chi connectivity index (χ4v) is 1.54. The number of nitrogens with one attached hydrogen (secondary N) is 1. The van der Waals surface area contributed by atoms with Crippen LogP contribution >= 0.6 is 0 Å². The van der Waals surface area contributed by atoms with Gasteiger partial charge in [-0.3, -0.25) is 5.32 Å². The van der Waals surface area contributed by atoms with Gasteiger partial charge in [0.15, 0.2) is 0 Å². The highest BCUT2D eigenvalue weighted by Gasteiger charge is 2.35. The summed E-state index contributed by atoms with van der Waals surface area (Å²) in [5.41, 5.74) is 11.1. The van der Waals surface area contributed by atoms with E-state index in [0.717, 1.165) is 19.3 Å². The topological polar surface area (TPSA) is 130 Å². The molecule has 0 fully saturated rings. The Kier molecular flexibility index (Phi) is 7.78. The Morgan fingerprint density at radius 1 is 0.818 bits per heavy atom. The van der Waals surface area contributed by atoms with Crippen LogP contribution in [0.1, 0.15) is 40.0 Å². The first-order valence-electron chi connectivity index (χ1n) is 7.52. The second kappa shape index (κ2) is 9.34. The molecule has 1 aromatic rings. The molecule has 0 saturated heterocycles. The van der Waals surface area contributed by atoms with Gasteiger partial charge in [-0.15, -0.1) is 0 Å². The van der Waals surface area contributed by atoms with Crippen LogP contribution in [0.2, 0.25) is 0 Å². The summed E-state index contributed by atoms with van der Waals surface area (Å²) in [4.78, 5) is 11.7. The minimum atomic E-state index is -1.47. The van der Waals surface area contributed by atoms with Crippen molar-refractivity contribution in [1.29, 1.82) is 0 Å². The highest BCUT2D eigenvalue weighted by molar-refractivity contribution is 5.37. The Balaban J connectivity index is 2.97. The number of hydrogen-bond donors (Lipinski definition) is 3. The molecule has 0 amide bonds. The van der Waals surface area contributed by atoms with Crippen LogP contribution in [0.25, 0.3) is 0 Å². The lowest BCUT2D eigenvalue weighted by Gasteiger charge is -2.33. The molecular formula is C13H26N6O3. The van der Waals surface area contributed by atoms with Gasteiger partial charge < -0.3 is 25.7 Å². The SMILES string of the molecule is CCCOC(Nc1nc(N)nc(N)n1)(OCCC)OCCC. The van der Waals surface area contributed by atoms with E-state index in [9.17, 15) is 0 Å². The molecule has 0 unspecified atom stereocenters. The van der Waals surface area contributed by atoms with Crippen LogP contribution in [0.5, 0.6) is 0 Å². The number of anilines is 3. The first kappa shape index (κ1) is 18.3. The molecule has 0 aliphatic carbocycles. The number of aromatic nitrogens is 3. The molecule has 0 atom stereocenters. The summed E-state index contributed by atoms with van der Waals surface area (Å²) in [6.45, 7) is 7.29. The van der Waals surface area contributed by atoms with Gasteiger partial charge in [0.2, 0.25) is 17.8 Å². The molecule has 0 saturated carbocycles. The zero-order valence-electron chi connectivity index (χ0n) is 13.5. The smallest absolute Gasteiger partial charge is 0.368 e. The molecule has 0 aliphatic rings. The monoisotopic (exact) mass is 314 g/mol. The molecule has 22 heavy (non-hydrogen) atoms. The van der Waals surface area contributed by atoms with Crippen molar-refractivity contribution in [3.63, 3.8) is 0 Å². The second-order valence-corrected chi connectivity index (χ2v) is 4.60. The molecule has 9 heteroatoms. The molecule has 0 spiro atoms. The van der Waals surface area contributed by atoms with Crippen LogP contribution in [0, 0.1) is 0 Å². The summed E-state index contributed by atoms with van der Waals surface area (Å²) in [7, 11) is 0. The number of rotatable bonds is 11. The summed E-state index contributed by atoms with van der Waals surface area (Å²) >= 11 is 0. The minimum Gasteiger partial charge on any atom is -0.368 e. The molecule has 1 rings (SSSR count). The molecule has 9 nitrogen and oxygen atoms in total. The highest BCUT2D eigenvalue weighted by atomic mass is 16.9. The third-order valence-electron chi connectivity index (χ3n) is 2.42. The van der Waals surface area contributed by atoms with Gasteiger partial charge >= 0.3 is 6.10 Å². The maximum atomic E-state index is 5.73. The fraction of sp³-hybridized carbons (Fsp3) is 0.769. The van der Waals surface area contributed by atoms with E-state index < -0.39 is 6.10 Å². The first-order chi connectivity index (χ1) is 10.5. The van der Waals surface area contributed by atoms with E-state index in [-0.39, 0.29) is 17.8 Å². The molecule has 1 aromatic heterocycles. The molecule has 0 bridgehead atoms. The van der Waals surface area contributed by atoms with Gasteiger partial charge in [-0.25, -0.2) is 0 Å². The lowest BCUT2D eigenvalue weighted by atomic mass is 10.5. The van der Waals surface area contributed by atoms with Gasteiger partial charge in [-0.1, -0.05) is 20.8 Å². The molecule has 0 aliphatic heterocycles. The van der Waals surface area contributed by atoms with E-state index in [1.807, 2.05) is 20.8 Å². The summed E-state index contributed by atoms with van der Waals surface area (Å²) in [5.74, 6) is 0.143. The minimum absolute atomic E-state index is 0.00498. The summed E-state index contributed by atoms with van der Waals surface area (Å²) < 4.78 is 17.2. The van der Waals surface area contributed by atoms with Crippen molar-refractivity contribution in [3.05, 3.63) is 0 Å². The number of nitrogen functional groups attached to an aromatic ring is 2. The first-order valence-corrected chi connectivity index (χ1v) is 7.52. The lowest BCUT2D eigenvalue weighted by Crippen LogP contribution is -2.48.